The number of aliphatic hydroxyl groups excluding tert-OH is 2. The smallest absolute Gasteiger partial charge is 0.356 e. The lowest BCUT2D eigenvalue weighted by molar-refractivity contribution is -0.132. The van der Waals surface area contributed by atoms with E-state index in [9.17, 15) is 9.90 Å². The number of carbonyl (C=O) groups excluding carboxylic acids is 1. The molecule has 16 heavy (non-hydrogen) atoms. The Balaban J connectivity index is 2.30. The highest BCUT2D eigenvalue weighted by molar-refractivity contribution is 6.41. The molecule has 0 fully saturated rings. The molecule has 0 saturated carbocycles. The Morgan fingerprint density at radius 2 is 2.44 bits per heavy atom. The summed E-state index contributed by atoms with van der Waals surface area (Å²) >= 11 is 0. The van der Waals surface area contributed by atoms with Gasteiger partial charge in [0.15, 0.2) is 11.5 Å². The molecule has 0 aromatic rings. The summed E-state index contributed by atoms with van der Waals surface area (Å²) in [4.78, 5) is 15.2. The molecule has 2 aliphatic heterocycles. The number of fused-ring (bicyclic) bond motifs is 1. The number of rotatable bonds is 2. The summed E-state index contributed by atoms with van der Waals surface area (Å²) in [6.07, 6.45) is 2.60. The highest BCUT2D eigenvalue weighted by Crippen LogP contribution is 2.20. The molecular weight excluding hydrogens is 216 g/mol. The molecule has 0 aliphatic carbocycles. The minimum atomic E-state index is -0.644. The molecule has 0 amide bonds. The first-order valence-electron chi connectivity index (χ1n) is 4.39. The van der Waals surface area contributed by atoms with E-state index in [1.54, 1.807) is 0 Å². The van der Waals surface area contributed by atoms with Gasteiger partial charge in [0.2, 0.25) is 5.88 Å². The molecule has 0 bridgehead atoms. The molecule has 0 unspecified atom stereocenters. The van der Waals surface area contributed by atoms with Crippen molar-refractivity contribution < 1.29 is 19.7 Å². The van der Waals surface area contributed by atoms with Crippen LogP contribution in [0.2, 0.25) is 0 Å². The highest BCUT2D eigenvalue weighted by Gasteiger charge is 2.29. The van der Waals surface area contributed by atoms with Gasteiger partial charge in [-0.25, -0.2) is 14.8 Å². The van der Waals surface area contributed by atoms with Gasteiger partial charge in [-0.15, -0.1) is 5.53 Å². The Morgan fingerprint density at radius 1 is 1.69 bits per heavy atom. The zero-order valence-electron chi connectivity index (χ0n) is 8.41. The summed E-state index contributed by atoms with van der Waals surface area (Å²) in [7, 11) is 1.23. The largest absolute Gasteiger partial charge is 0.493 e. The molecule has 0 spiro atoms. The van der Waals surface area contributed by atoms with E-state index >= 15 is 0 Å². The number of hydrazine groups is 2. The fourth-order valence-electron chi connectivity index (χ4n) is 1.28. The lowest BCUT2D eigenvalue weighted by Gasteiger charge is -2.23. The molecular formula is C8H10N4O4. The zero-order chi connectivity index (χ0) is 11.7. The third-order valence-corrected chi connectivity index (χ3v) is 2.01. The minimum absolute atomic E-state index is 0.0101. The topological polar surface area (TPSA) is 97.6 Å². The standard InChI is InChI=1S/C8H10N4O4/c1-16-8(15)5-2-7(14)12-6(9-5)3-11(4-13)10-12/h2-3,10,13-14H,4H2,1H3. The van der Waals surface area contributed by atoms with Gasteiger partial charge in [-0.3, -0.25) is 5.01 Å². The first kappa shape index (κ1) is 10.5. The van der Waals surface area contributed by atoms with Crippen molar-refractivity contribution in [3.8, 4) is 0 Å². The van der Waals surface area contributed by atoms with Gasteiger partial charge in [-0.2, -0.15) is 0 Å². The number of nitrogens with one attached hydrogen (secondary N) is 1. The summed E-state index contributed by atoms with van der Waals surface area (Å²) in [6.45, 7) is -0.295. The fraction of sp³-hybridized carbons (Fsp3) is 0.250. The Labute approximate surface area is 90.7 Å². The van der Waals surface area contributed by atoms with Crippen LogP contribution >= 0.6 is 0 Å². The van der Waals surface area contributed by atoms with Crippen LogP contribution in [0, 0.1) is 0 Å². The van der Waals surface area contributed by atoms with E-state index in [1.165, 1.54) is 23.3 Å². The van der Waals surface area contributed by atoms with E-state index in [2.05, 4.69) is 15.3 Å². The molecule has 86 valence electrons. The van der Waals surface area contributed by atoms with Crippen LogP contribution in [0.3, 0.4) is 0 Å². The monoisotopic (exact) mass is 226 g/mol. The maximum absolute atomic E-state index is 11.2. The van der Waals surface area contributed by atoms with Crippen LogP contribution in [0.15, 0.2) is 29.0 Å². The van der Waals surface area contributed by atoms with E-state index < -0.39 is 5.97 Å². The second-order valence-corrected chi connectivity index (χ2v) is 3.03. The van der Waals surface area contributed by atoms with Crippen molar-refractivity contribution in [3.63, 3.8) is 0 Å². The molecule has 8 nitrogen and oxygen atoms in total. The van der Waals surface area contributed by atoms with Crippen molar-refractivity contribution in [1.29, 1.82) is 0 Å². The molecule has 0 aromatic carbocycles. The van der Waals surface area contributed by atoms with Crippen LogP contribution in [-0.4, -0.2) is 45.8 Å². The van der Waals surface area contributed by atoms with Gasteiger partial charge < -0.3 is 14.9 Å². The van der Waals surface area contributed by atoms with E-state index in [4.69, 9.17) is 5.11 Å². The summed E-state index contributed by atoms with van der Waals surface area (Å²) < 4.78 is 4.49. The predicted molar refractivity (Wildman–Crippen MR) is 52.1 cm³/mol. The number of esters is 1. The van der Waals surface area contributed by atoms with E-state index in [0.29, 0.717) is 0 Å². The van der Waals surface area contributed by atoms with Crippen LogP contribution in [0.25, 0.3) is 0 Å². The van der Waals surface area contributed by atoms with Gasteiger partial charge in [0.05, 0.1) is 13.3 Å². The first-order chi connectivity index (χ1) is 7.65. The van der Waals surface area contributed by atoms with Crippen LogP contribution in [0.1, 0.15) is 0 Å². The predicted octanol–water partition coefficient (Wildman–Crippen LogP) is -1.20. The molecule has 2 heterocycles. The second kappa shape index (κ2) is 3.83. The average Bonchev–Trinajstić information content (AvgIpc) is 2.71. The Bertz CT molecular complexity index is 414. The van der Waals surface area contributed by atoms with Gasteiger partial charge in [-0.05, 0) is 0 Å². The van der Waals surface area contributed by atoms with Crippen molar-refractivity contribution in [2.75, 3.05) is 13.8 Å². The number of ether oxygens (including phenoxy) is 1. The number of hydrogen-bond donors (Lipinski definition) is 3. The summed E-state index contributed by atoms with van der Waals surface area (Å²) in [6, 6.07) is 0. The molecule has 2 aliphatic rings. The number of aliphatic hydroxyl groups is 2. The molecule has 2 rings (SSSR count). The van der Waals surface area contributed by atoms with Crippen molar-refractivity contribution in [1.82, 2.24) is 15.6 Å². The van der Waals surface area contributed by atoms with Crippen LogP contribution < -0.4 is 5.53 Å². The van der Waals surface area contributed by atoms with Crippen LogP contribution in [0.4, 0.5) is 0 Å². The third-order valence-electron chi connectivity index (χ3n) is 2.01. The SMILES string of the molecule is COC(=O)C1=NC2=CN(CO)NN2C(O)=C1. The van der Waals surface area contributed by atoms with E-state index in [1.807, 2.05) is 0 Å². The van der Waals surface area contributed by atoms with E-state index in [-0.39, 0.29) is 24.1 Å². The van der Waals surface area contributed by atoms with E-state index in [0.717, 1.165) is 6.08 Å². The van der Waals surface area contributed by atoms with Crippen LogP contribution in [0.5, 0.6) is 0 Å². The maximum atomic E-state index is 11.2. The lowest BCUT2D eigenvalue weighted by Crippen LogP contribution is -2.41. The Hall–Kier alpha value is -2.06. The van der Waals surface area contributed by atoms with Crippen molar-refractivity contribution in [2.24, 2.45) is 4.99 Å². The van der Waals surface area contributed by atoms with Crippen LogP contribution in [-0.2, 0) is 9.53 Å². The van der Waals surface area contributed by atoms with Gasteiger partial charge >= 0.3 is 5.97 Å². The third kappa shape index (κ3) is 1.59. The maximum Gasteiger partial charge on any atom is 0.356 e. The van der Waals surface area contributed by atoms with Crippen molar-refractivity contribution in [3.05, 3.63) is 24.0 Å². The first-order valence-corrected chi connectivity index (χ1v) is 4.39. The lowest BCUT2D eigenvalue weighted by atomic mass is 10.3. The minimum Gasteiger partial charge on any atom is -0.493 e. The van der Waals surface area contributed by atoms with Crippen molar-refractivity contribution >= 4 is 11.7 Å². The molecule has 0 aromatic heterocycles. The summed E-state index contributed by atoms with van der Waals surface area (Å²) in [5, 5.41) is 21.0. The second-order valence-electron chi connectivity index (χ2n) is 3.03. The number of methoxy groups -OCH3 is 1. The molecule has 0 radical (unpaired) electrons. The Morgan fingerprint density at radius 3 is 3.06 bits per heavy atom. The average molecular weight is 226 g/mol. The molecule has 8 heteroatoms. The van der Waals surface area contributed by atoms with Crippen molar-refractivity contribution in [2.45, 2.75) is 0 Å². The molecule has 0 atom stereocenters. The Kier molecular flexibility index (Phi) is 2.50. The quantitative estimate of drug-likeness (QED) is 0.509. The van der Waals surface area contributed by atoms with Gasteiger partial charge in [0, 0.05) is 6.08 Å². The zero-order valence-corrected chi connectivity index (χ0v) is 8.41. The molecule has 3 N–H and O–H groups in total. The number of hydrogen-bond acceptors (Lipinski definition) is 8. The van der Waals surface area contributed by atoms with Gasteiger partial charge in [-0.1, -0.05) is 0 Å². The normalized spacial score (nSPS) is 18.8. The highest BCUT2D eigenvalue weighted by atomic mass is 16.5. The summed E-state index contributed by atoms with van der Waals surface area (Å²) in [5.41, 5.74) is 2.61. The number of nitrogens with zero attached hydrogens (tertiary/aromatic N) is 3. The number of aliphatic imine (C=N–C) groups is 1. The summed E-state index contributed by atoms with van der Waals surface area (Å²) in [5.74, 6) is -0.568. The van der Waals surface area contributed by atoms with Gasteiger partial charge in [0.1, 0.15) is 6.73 Å². The fourth-order valence-corrected chi connectivity index (χ4v) is 1.28. The number of carbonyl (C=O) groups is 1. The molecule has 0 saturated heterocycles. The van der Waals surface area contributed by atoms with Gasteiger partial charge in [0.25, 0.3) is 0 Å².